The number of aliphatic hydroxyl groups excluding tert-OH is 1. The van der Waals surface area contributed by atoms with Crippen LogP contribution in [0, 0.1) is 0 Å². The monoisotopic (exact) mass is 294 g/mol. The standard InChI is InChI=1S/C13H18N4O4/c1-2-4-14-13(19)16-9-8-7-20-12(21-8)10(11(9)18)17-6-3-5-15-17/h2-3,5-6,8-12,18H,1,4,7H2,(H2,14,16,19)/t8-,9-,10-,11+,12-/m1/s1. The minimum atomic E-state index is -0.856. The predicted molar refractivity (Wildman–Crippen MR) is 72.4 cm³/mol. The number of carbonyl (C=O) groups is 1. The van der Waals surface area contributed by atoms with Crippen molar-refractivity contribution in [1.29, 1.82) is 0 Å². The summed E-state index contributed by atoms with van der Waals surface area (Å²) in [6, 6.07) is 0.311. The van der Waals surface area contributed by atoms with Crippen molar-refractivity contribution in [1.82, 2.24) is 20.4 Å². The zero-order valence-corrected chi connectivity index (χ0v) is 11.4. The third-order valence-electron chi connectivity index (χ3n) is 3.67. The molecule has 3 rings (SSSR count). The van der Waals surface area contributed by atoms with E-state index in [1.165, 1.54) is 0 Å². The smallest absolute Gasteiger partial charge is 0.315 e. The fourth-order valence-corrected chi connectivity index (χ4v) is 2.69. The number of nitrogens with one attached hydrogen (secondary N) is 2. The number of carbonyl (C=O) groups excluding carboxylic acids is 1. The van der Waals surface area contributed by atoms with Crippen molar-refractivity contribution in [2.24, 2.45) is 0 Å². The van der Waals surface area contributed by atoms with Crippen LogP contribution >= 0.6 is 0 Å². The molecule has 2 saturated heterocycles. The summed E-state index contributed by atoms with van der Waals surface area (Å²) in [6.45, 7) is 4.20. The van der Waals surface area contributed by atoms with E-state index in [2.05, 4.69) is 22.3 Å². The average Bonchev–Trinajstić information content (AvgIpc) is 3.13. The van der Waals surface area contributed by atoms with Gasteiger partial charge in [0, 0.05) is 18.9 Å². The first kappa shape index (κ1) is 14.1. The second-order valence-electron chi connectivity index (χ2n) is 5.01. The molecule has 2 amide bonds. The van der Waals surface area contributed by atoms with Crippen molar-refractivity contribution >= 4 is 6.03 Å². The van der Waals surface area contributed by atoms with E-state index in [1.54, 1.807) is 29.2 Å². The van der Waals surface area contributed by atoms with Crippen molar-refractivity contribution in [3.05, 3.63) is 31.1 Å². The van der Waals surface area contributed by atoms with Gasteiger partial charge in [-0.2, -0.15) is 5.10 Å². The largest absolute Gasteiger partial charge is 0.388 e. The van der Waals surface area contributed by atoms with Gasteiger partial charge in [-0.05, 0) is 6.07 Å². The molecule has 0 aromatic carbocycles. The van der Waals surface area contributed by atoms with E-state index in [-0.39, 0.29) is 12.1 Å². The van der Waals surface area contributed by atoms with Crippen LogP contribution in [0.25, 0.3) is 0 Å². The highest BCUT2D eigenvalue weighted by Gasteiger charge is 2.51. The van der Waals surface area contributed by atoms with E-state index in [1.807, 2.05) is 0 Å². The van der Waals surface area contributed by atoms with Gasteiger partial charge in [-0.1, -0.05) is 6.08 Å². The third-order valence-corrected chi connectivity index (χ3v) is 3.67. The molecular weight excluding hydrogens is 276 g/mol. The maximum absolute atomic E-state index is 11.8. The summed E-state index contributed by atoms with van der Waals surface area (Å²) in [7, 11) is 0. The number of rotatable bonds is 4. The molecule has 1 aromatic rings. The SMILES string of the molecule is C=CCNC(=O)N[C@H]1[C@H](O)[C@@H](n2cccn2)[C@@H]2OC[C@H]1O2. The summed E-state index contributed by atoms with van der Waals surface area (Å²) in [4.78, 5) is 11.8. The zero-order chi connectivity index (χ0) is 14.8. The summed E-state index contributed by atoms with van der Waals surface area (Å²) in [5, 5.41) is 20.0. The lowest BCUT2D eigenvalue weighted by Crippen LogP contribution is -2.60. The van der Waals surface area contributed by atoms with Crippen LogP contribution in [0.4, 0.5) is 4.79 Å². The number of ether oxygens (including phenoxy) is 2. The minimum Gasteiger partial charge on any atom is -0.388 e. The molecule has 21 heavy (non-hydrogen) atoms. The van der Waals surface area contributed by atoms with Crippen LogP contribution in [0.2, 0.25) is 0 Å². The van der Waals surface area contributed by atoms with Crippen LogP contribution in [0.3, 0.4) is 0 Å². The Morgan fingerprint density at radius 2 is 2.48 bits per heavy atom. The second kappa shape index (κ2) is 5.84. The molecule has 5 atom stereocenters. The quantitative estimate of drug-likeness (QED) is 0.644. The molecule has 0 unspecified atom stereocenters. The fourth-order valence-electron chi connectivity index (χ4n) is 2.69. The van der Waals surface area contributed by atoms with Crippen molar-refractivity contribution in [2.45, 2.75) is 30.6 Å². The summed E-state index contributed by atoms with van der Waals surface area (Å²) >= 11 is 0. The number of hydrogen-bond donors (Lipinski definition) is 3. The first-order valence-electron chi connectivity index (χ1n) is 6.80. The molecule has 0 saturated carbocycles. The Morgan fingerprint density at radius 3 is 3.19 bits per heavy atom. The molecule has 1 aromatic heterocycles. The van der Waals surface area contributed by atoms with Crippen molar-refractivity contribution in [3.63, 3.8) is 0 Å². The Balaban J connectivity index is 1.74. The minimum absolute atomic E-state index is 0.325. The Kier molecular flexibility index (Phi) is 3.91. The van der Waals surface area contributed by atoms with E-state index in [0.717, 1.165) is 0 Å². The van der Waals surface area contributed by atoms with Gasteiger partial charge >= 0.3 is 6.03 Å². The van der Waals surface area contributed by atoms with E-state index in [0.29, 0.717) is 13.2 Å². The number of hydrogen-bond acceptors (Lipinski definition) is 5. The van der Waals surface area contributed by atoms with Crippen LogP contribution in [0.15, 0.2) is 31.1 Å². The predicted octanol–water partition coefficient (Wildman–Crippen LogP) is -0.606. The highest BCUT2D eigenvalue weighted by Crippen LogP contribution is 2.35. The molecule has 2 aliphatic heterocycles. The molecule has 0 aliphatic carbocycles. The van der Waals surface area contributed by atoms with Crippen LogP contribution in [-0.4, -0.2) is 58.6 Å². The van der Waals surface area contributed by atoms with Crippen LogP contribution in [-0.2, 0) is 9.47 Å². The Labute approximate surface area is 121 Å². The van der Waals surface area contributed by atoms with E-state index in [9.17, 15) is 9.90 Å². The zero-order valence-electron chi connectivity index (χ0n) is 11.4. The van der Waals surface area contributed by atoms with Crippen LogP contribution in [0.1, 0.15) is 6.04 Å². The van der Waals surface area contributed by atoms with Crippen molar-refractivity contribution in [3.8, 4) is 0 Å². The molecule has 8 heteroatoms. The summed E-state index contributed by atoms with van der Waals surface area (Å²) < 4.78 is 12.9. The molecule has 0 spiro atoms. The van der Waals surface area contributed by atoms with E-state index >= 15 is 0 Å². The lowest BCUT2D eigenvalue weighted by molar-refractivity contribution is -0.166. The van der Waals surface area contributed by atoms with Crippen molar-refractivity contribution in [2.75, 3.05) is 13.2 Å². The lowest BCUT2D eigenvalue weighted by atomic mass is 9.96. The number of amides is 2. The highest BCUT2D eigenvalue weighted by molar-refractivity contribution is 5.74. The normalized spacial score (nSPS) is 34.4. The third kappa shape index (κ3) is 2.65. The van der Waals surface area contributed by atoms with Gasteiger partial charge in [0.05, 0.1) is 12.6 Å². The fraction of sp³-hybridized carbons (Fsp3) is 0.538. The molecule has 8 nitrogen and oxygen atoms in total. The van der Waals surface area contributed by atoms with Gasteiger partial charge < -0.3 is 25.2 Å². The number of fused-ring (bicyclic) bond motifs is 2. The maximum Gasteiger partial charge on any atom is 0.315 e. The van der Waals surface area contributed by atoms with Gasteiger partial charge in [-0.25, -0.2) is 4.79 Å². The molecule has 3 heterocycles. The number of aliphatic hydroxyl groups is 1. The summed E-state index contributed by atoms with van der Waals surface area (Å²) in [5.41, 5.74) is 0. The summed E-state index contributed by atoms with van der Waals surface area (Å²) in [5.74, 6) is 0. The first-order chi connectivity index (χ1) is 10.2. The average molecular weight is 294 g/mol. The van der Waals surface area contributed by atoms with Gasteiger partial charge in [0.2, 0.25) is 0 Å². The first-order valence-corrected chi connectivity index (χ1v) is 6.80. The highest BCUT2D eigenvalue weighted by atomic mass is 16.7. The number of nitrogens with zero attached hydrogens (tertiary/aromatic N) is 2. The van der Waals surface area contributed by atoms with E-state index < -0.39 is 24.5 Å². The van der Waals surface area contributed by atoms with Gasteiger partial charge in [0.15, 0.2) is 6.29 Å². The van der Waals surface area contributed by atoms with Crippen molar-refractivity contribution < 1.29 is 19.4 Å². The number of aromatic nitrogens is 2. The van der Waals surface area contributed by atoms with Crippen LogP contribution < -0.4 is 10.6 Å². The second-order valence-corrected chi connectivity index (χ2v) is 5.01. The Morgan fingerprint density at radius 1 is 1.62 bits per heavy atom. The van der Waals surface area contributed by atoms with E-state index in [4.69, 9.17) is 9.47 Å². The molecule has 2 aliphatic rings. The van der Waals surface area contributed by atoms with Gasteiger partial charge in [0.25, 0.3) is 0 Å². The topological polar surface area (TPSA) is 97.6 Å². The summed E-state index contributed by atoms with van der Waals surface area (Å²) in [6.07, 6.45) is 3.14. The maximum atomic E-state index is 11.8. The number of urea groups is 1. The lowest BCUT2D eigenvalue weighted by Gasteiger charge is -2.38. The Hall–Kier alpha value is -1.90. The Bertz CT molecular complexity index is 506. The van der Waals surface area contributed by atoms with Gasteiger partial charge in [-0.3, -0.25) is 4.68 Å². The molecule has 114 valence electrons. The molecule has 2 bridgehead atoms. The van der Waals surface area contributed by atoms with Gasteiger partial charge in [-0.15, -0.1) is 6.58 Å². The molecule has 2 fully saturated rings. The molecule has 3 N–H and O–H groups in total. The van der Waals surface area contributed by atoms with Crippen LogP contribution in [0.5, 0.6) is 0 Å². The molecular formula is C13H18N4O4. The molecule has 0 radical (unpaired) electrons. The van der Waals surface area contributed by atoms with Gasteiger partial charge in [0.1, 0.15) is 18.2 Å².